The molecule has 0 radical (unpaired) electrons. The first-order valence-electron chi connectivity index (χ1n) is 6.91. The molecule has 21 heavy (non-hydrogen) atoms. The van der Waals surface area contributed by atoms with Gasteiger partial charge in [0.1, 0.15) is 18.0 Å². The molecule has 1 fully saturated rings. The van der Waals surface area contributed by atoms with Gasteiger partial charge in [-0.15, -0.1) is 0 Å². The van der Waals surface area contributed by atoms with Crippen molar-refractivity contribution >= 4 is 17.5 Å². The fourth-order valence-corrected chi connectivity index (χ4v) is 2.84. The summed E-state index contributed by atoms with van der Waals surface area (Å²) in [5.74, 6) is 0.493. The topological polar surface area (TPSA) is 128 Å². The molecular weight excluding hydrogens is 278 g/mol. The highest BCUT2D eigenvalue weighted by Gasteiger charge is 2.42. The zero-order valence-corrected chi connectivity index (χ0v) is 11.7. The number of hydrogen-bond acceptors (Lipinski definition) is 8. The van der Waals surface area contributed by atoms with E-state index in [2.05, 4.69) is 9.97 Å². The molecule has 116 valence electrons. The summed E-state index contributed by atoms with van der Waals surface area (Å²) in [6.45, 7) is 2.75. The maximum atomic E-state index is 12.1. The third kappa shape index (κ3) is 2.23. The van der Waals surface area contributed by atoms with E-state index in [0.29, 0.717) is 31.1 Å². The van der Waals surface area contributed by atoms with Gasteiger partial charge in [0.2, 0.25) is 5.95 Å². The number of aromatic amines is 1. The molecule has 2 aliphatic rings. The van der Waals surface area contributed by atoms with E-state index in [1.807, 2.05) is 11.8 Å². The predicted molar refractivity (Wildman–Crippen MR) is 76.0 cm³/mol. The normalized spacial score (nSPS) is 28.2. The van der Waals surface area contributed by atoms with Crippen LogP contribution >= 0.6 is 0 Å². The molecule has 5 N–H and O–H groups in total. The number of hydrogen-bond donors (Lipinski definition) is 4. The summed E-state index contributed by atoms with van der Waals surface area (Å²) in [6, 6.07) is 0. The zero-order valence-electron chi connectivity index (χ0n) is 11.7. The SMILES string of the molecule is CCN1CN([C@H]2C[C@H](O)[C@@H](CO)O2)c2nc(N)[nH]c(=O)c21. The summed E-state index contributed by atoms with van der Waals surface area (Å²) in [5, 5.41) is 19.0. The quantitative estimate of drug-likeness (QED) is 0.526. The van der Waals surface area contributed by atoms with Crippen molar-refractivity contribution < 1.29 is 14.9 Å². The lowest BCUT2D eigenvalue weighted by atomic mass is 10.2. The average Bonchev–Trinajstić information content (AvgIpc) is 2.98. The fourth-order valence-electron chi connectivity index (χ4n) is 2.84. The smallest absolute Gasteiger partial charge is 0.278 e. The average molecular weight is 297 g/mol. The summed E-state index contributed by atoms with van der Waals surface area (Å²) in [5.41, 5.74) is 5.78. The highest BCUT2D eigenvalue weighted by Crippen LogP contribution is 2.36. The second-order valence-corrected chi connectivity index (χ2v) is 5.21. The van der Waals surface area contributed by atoms with Crippen molar-refractivity contribution in [2.24, 2.45) is 0 Å². The summed E-state index contributed by atoms with van der Waals surface area (Å²) in [6.07, 6.45) is -1.45. The van der Waals surface area contributed by atoms with E-state index in [9.17, 15) is 15.0 Å². The lowest BCUT2D eigenvalue weighted by Crippen LogP contribution is -2.39. The molecule has 3 heterocycles. The molecule has 1 aromatic heterocycles. The molecule has 0 spiro atoms. The van der Waals surface area contributed by atoms with Crippen molar-refractivity contribution in [2.75, 3.05) is 35.4 Å². The molecular formula is C12H19N5O4. The number of fused-ring (bicyclic) bond motifs is 1. The van der Waals surface area contributed by atoms with Crippen LogP contribution in [0.25, 0.3) is 0 Å². The van der Waals surface area contributed by atoms with Gasteiger partial charge >= 0.3 is 0 Å². The number of rotatable bonds is 3. The maximum Gasteiger partial charge on any atom is 0.278 e. The first-order chi connectivity index (χ1) is 10.0. The van der Waals surface area contributed by atoms with Gasteiger partial charge in [-0.2, -0.15) is 4.98 Å². The van der Waals surface area contributed by atoms with E-state index in [-0.39, 0.29) is 18.1 Å². The van der Waals surface area contributed by atoms with Crippen LogP contribution in [-0.2, 0) is 4.74 Å². The fraction of sp³-hybridized carbons (Fsp3) is 0.667. The largest absolute Gasteiger partial charge is 0.394 e. The number of aliphatic hydroxyl groups excluding tert-OH is 2. The zero-order chi connectivity index (χ0) is 15.1. The molecule has 0 amide bonds. The summed E-state index contributed by atoms with van der Waals surface area (Å²) >= 11 is 0. The Balaban J connectivity index is 1.95. The Hall–Kier alpha value is -1.84. The molecule has 9 nitrogen and oxygen atoms in total. The Kier molecular flexibility index (Phi) is 3.47. The van der Waals surface area contributed by atoms with Crippen LogP contribution in [0.4, 0.5) is 17.5 Å². The van der Waals surface area contributed by atoms with Crippen molar-refractivity contribution in [1.29, 1.82) is 0 Å². The number of nitrogens with two attached hydrogens (primary N) is 1. The van der Waals surface area contributed by atoms with Gasteiger partial charge < -0.3 is 30.5 Å². The van der Waals surface area contributed by atoms with E-state index in [1.54, 1.807) is 4.90 Å². The Morgan fingerprint density at radius 2 is 2.33 bits per heavy atom. The Morgan fingerprint density at radius 1 is 1.57 bits per heavy atom. The summed E-state index contributed by atoms with van der Waals surface area (Å²) < 4.78 is 5.64. The van der Waals surface area contributed by atoms with E-state index < -0.39 is 18.4 Å². The van der Waals surface area contributed by atoms with Crippen LogP contribution in [0.2, 0.25) is 0 Å². The van der Waals surface area contributed by atoms with Crippen molar-refractivity contribution in [3.63, 3.8) is 0 Å². The number of nitrogens with one attached hydrogen (secondary N) is 1. The number of aromatic nitrogens is 2. The molecule has 0 aliphatic carbocycles. The van der Waals surface area contributed by atoms with E-state index in [0.717, 1.165) is 0 Å². The Labute approximate surface area is 121 Å². The number of H-pyrrole nitrogens is 1. The van der Waals surface area contributed by atoms with Crippen molar-refractivity contribution in [3.05, 3.63) is 10.4 Å². The molecule has 0 unspecified atom stereocenters. The van der Waals surface area contributed by atoms with E-state index >= 15 is 0 Å². The standard InChI is InChI=1S/C12H19N5O4/c1-2-16-5-17(8-3-6(19)7(4-18)21-8)10-9(16)11(20)15-12(13)14-10/h6-8,18-19H,2-5H2,1H3,(H3,13,14,15,20)/t6-,7+,8+/m0/s1. The van der Waals surface area contributed by atoms with Crippen LogP contribution < -0.4 is 21.1 Å². The maximum absolute atomic E-state index is 12.1. The van der Waals surface area contributed by atoms with Gasteiger partial charge in [0, 0.05) is 13.0 Å². The monoisotopic (exact) mass is 297 g/mol. The summed E-state index contributed by atoms with van der Waals surface area (Å²) in [7, 11) is 0. The molecule has 0 saturated carbocycles. The van der Waals surface area contributed by atoms with Crippen LogP contribution in [0.3, 0.4) is 0 Å². The summed E-state index contributed by atoms with van der Waals surface area (Å²) in [4.78, 5) is 22.4. The first kappa shape index (κ1) is 14.1. The minimum atomic E-state index is -0.738. The molecule has 1 aromatic rings. The number of anilines is 3. The second kappa shape index (κ2) is 5.17. The van der Waals surface area contributed by atoms with Gasteiger partial charge in [0.25, 0.3) is 5.56 Å². The van der Waals surface area contributed by atoms with Crippen molar-refractivity contribution in [3.8, 4) is 0 Å². The molecule has 2 aliphatic heterocycles. The second-order valence-electron chi connectivity index (χ2n) is 5.21. The number of nitrogen functional groups attached to an aromatic ring is 1. The highest BCUT2D eigenvalue weighted by atomic mass is 16.5. The minimum absolute atomic E-state index is 0.0407. The predicted octanol–water partition coefficient (Wildman–Crippen LogP) is -1.58. The van der Waals surface area contributed by atoms with Gasteiger partial charge in [0.05, 0.1) is 19.4 Å². The lowest BCUT2D eigenvalue weighted by molar-refractivity contribution is -0.0220. The van der Waals surface area contributed by atoms with Crippen LogP contribution in [0.1, 0.15) is 13.3 Å². The first-order valence-corrected chi connectivity index (χ1v) is 6.91. The van der Waals surface area contributed by atoms with E-state index in [1.165, 1.54) is 0 Å². The highest BCUT2D eigenvalue weighted by molar-refractivity contribution is 5.72. The van der Waals surface area contributed by atoms with Crippen LogP contribution in [-0.4, -0.2) is 58.4 Å². The van der Waals surface area contributed by atoms with Gasteiger partial charge in [-0.1, -0.05) is 0 Å². The van der Waals surface area contributed by atoms with Crippen molar-refractivity contribution in [2.45, 2.75) is 31.8 Å². The third-order valence-corrected chi connectivity index (χ3v) is 3.92. The van der Waals surface area contributed by atoms with Crippen LogP contribution in [0.15, 0.2) is 4.79 Å². The third-order valence-electron chi connectivity index (χ3n) is 3.92. The van der Waals surface area contributed by atoms with E-state index in [4.69, 9.17) is 10.5 Å². The lowest BCUT2D eigenvalue weighted by Gasteiger charge is -2.25. The molecule has 0 bridgehead atoms. The van der Waals surface area contributed by atoms with Gasteiger partial charge in [-0.25, -0.2) is 0 Å². The Bertz CT molecular complexity index is 592. The number of ether oxygens (including phenoxy) is 1. The van der Waals surface area contributed by atoms with Gasteiger partial charge in [0.15, 0.2) is 5.82 Å². The van der Waals surface area contributed by atoms with Crippen LogP contribution in [0.5, 0.6) is 0 Å². The molecule has 0 aromatic carbocycles. The van der Waals surface area contributed by atoms with Crippen LogP contribution in [0, 0.1) is 0 Å². The molecule has 3 atom stereocenters. The van der Waals surface area contributed by atoms with Gasteiger partial charge in [-0.05, 0) is 6.92 Å². The molecule has 1 saturated heterocycles. The van der Waals surface area contributed by atoms with Crippen molar-refractivity contribution in [1.82, 2.24) is 9.97 Å². The minimum Gasteiger partial charge on any atom is -0.394 e. The molecule has 9 heteroatoms. The number of aliphatic hydroxyl groups is 2. The van der Waals surface area contributed by atoms with Gasteiger partial charge in [-0.3, -0.25) is 9.78 Å². The number of nitrogens with zero attached hydrogens (tertiary/aromatic N) is 3. The Morgan fingerprint density at radius 3 is 2.95 bits per heavy atom. The molecule has 3 rings (SSSR count).